The molecule has 0 aliphatic rings. The first-order valence-electron chi connectivity index (χ1n) is 7.64. The molecule has 1 aromatic carbocycles. The molecule has 0 radical (unpaired) electrons. The van der Waals surface area contributed by atoms with Gasteiger partial charge in [-0.05, 0) is 12.5 Å². The van der Waals surface area contributed by atoms with Crippen LogP contribution in [0.25, 0.3) is 0 Å². The highest BCUT2D eigenvalue weighted by Gasteiger charge is 2.24. The molecule has 1 rings (SSSR count). The Morgan fingerprint density at radius 2 is 1.72 bits per heavy atom. The van der Waals surface area contributed by atoms with Crippen LogP contribution in [0, 0.1) is 0 Å². The van der Waals surface area contributed by atoms with Crippen molar-refractivity contribution >= 4 is 23.6 Å². The number of aliphatic hydroxyl groups excluding tert-OH is 1. The summed E-state index contributed by atoms with van der Waals surface area (Å²) in [4.78, 5) is 46.3. The van der Waals surface area contributed by atoms with Gasteiger partial charge in [0.1, 0.15) is 18.7 Å². The van der Waals surface area contributed by atoms with Crippen molar-refractivity contribution in [1.29, 1.82) is 0 Å². The quantitative estimate of drug-likeness (QED) is 0.343. The number of hydrogen-bond acceptors (Lipinski definition) is 5. The van der Waals surface area contributed by atoms with Crippen molar-refractivity contribution < 1.29 is 24.3 Å². The zero-order valence-electron chi connectivity index (χ0n) is 13.8. The van der Waals surface area contributed by atoms with Crippen molar-refractivity contribution in [1.82, 2.24) is 16.0 Å². The van der Waals surface area contributed by atoms with Crippen LogP contribution >= 0.6 is 0 Å². The molecule has 0 saturated carbocycles. The maximum absolute atomic E-state index is 12.4. The largest absolute Gasteiger partial charge is 0.387 e. The second-order valence-electron chi connectivity index (χ2n) is 5.38. The summed E-state index contributed by atoms with van der Waals surface area (Å²) in [6.45, 7) is 0.336. The Labute approximate surface area is 145 Å². The second-order valence-corrected chi connectivity index (χ2v) is 5.38. The van der Waals surface area contributed by atoms with Gasteiger partial charge in [0.25, 0.3) is 0 Å². The Balaban J connectivity index is 2.72. The number of primary amides is 1. The van der Waals surface area contributed by atoms with E-state index in [1.54, 1.807) is 24.3 Å². The molecule has 0 fully saturated rings. The Morgan fingerprint density at radius 3 is 2.28 bits per heavy atom. The van der Waals surface area contributed by atoms with E-state index in [1.807, 2.05) is 6.07 Å². The van der Waals surface area contributed by atoms with Crippen LogP contribution in [-0.4, -0.2) is 54.0 Å². The van der Waals surface area contributed by atoms with Crippen molar-refractivity contribution in [2.75, 3.05) is 13.2 Å². The van der Waals surface area contributed by atoms with Gasteiger partial charge in [0.15, 0.2) is 0 Å². The van der Waals surface area contributed by atoms with E-state index in [0.29, 0.717) is 0 Å². The van der Waals surface area contributed by atoms with E-state index in [0.717, 1.165) is 5.56 Å². The molecule has 0 aliphatic heterocycles. The summed E-state index contributed by atoms with van der Waals surface area (Å²) in [5.74, 6) is -2.59. The molecule has 0 aliphatic carbocycles. The van der Waals surface area contributed by atoms with Gasteiger partial charge < -0.3 is 26.8 Å². The van der Waals surface area contributed by atoms with Crippen LogP contribution in [0.15, 0.2) is 30.3 Å². The van der Waals surface area contributed by atoms with Gasteiger partial charge in [-0.1, -0.05) is 30.3 Å². The first kappa shape index (κ1) is 20.1. The van der Waals surface area contributed by atoms with E-state index in [1.165, 1.54) is 6.92 Å². The Bertz CT molecular complexity index is 620. The SMILES string of the molecule is C[C@H](NC(=O)[C@H](Cc1ccccc1)NC(=O)CO)C(=O)NCC(N)=O. The van der Waals surface area contributed by atoms with Gasteiger partial charge >= 0.3 is 0 Å². The van der Waals surface area contributed by atoms with E-state index in [2.05, 4.69) is 16.0 Å². The summed E-state index contributed by atoms with van der Waals surface area (Å²) in [6, 6.07) is 7.07. The molecule has 136 valence electrons. The predicted molar refractivity (Wildman–Crippen MR) is 89.0 cm³/mol. The van der Waals surface area contributed by atoms with Crippen molar-refractivity contribution in [3.63, 3.8) is 0 Å². The predicted octanol–water partition coefficient (Wildman–Crippen LogP) is -2.19. The highest BCUT2D eigenvalue weighted by molar-refractivity contribution is 5.93. The van der Waals surface area contributed by atoms with Gasteiger partial charge in [0, 0.05) is 6.42 Å². The molecule has 0 aromatic heterocycles. The standard InChI is InChI=1S/C16H22N4O5/c1-10(15(24)18-8-13(17)22)19-16(25)12(20-14(23)9-21)7-11-5-3-2-4-6-11/h2-6,10,12,21H,7-9H2,1H3,(H2,17,22)(H,18,24)(H,19,25)(H,20,23)/t10-,12-/m0/s1. The van der Waals surface area contributed by atoms with Crippen molar-refractivity contribution in [2.45, 2.75) is 25.4 Å². The molecule has 0 unspecified atom stereocenters. The molecule has 0 spiro atoms. The van der Waals surface area contributed by atoms with Gasteiger partial charge in [-0.2, -0.15) is 0 Å². The van der Waals surface area contributed by atoms with E-state index in [-0.39, 0.29) is 13.0 Å². The minimum absolute atomic E-state index is 0.189. The summed E-state index contributed by atoms with van der Waals surface area (Å²) in [6.07, 6.45) is 0.189. The fourth-order valence-electron chi connectivity index (χ4n) is 2.01. The first-order valence-corrected chi connectivity index (χ1v) is 7.64. The third-order valence-corrected chi connectivity index (χ3v) is 3.27. The summed E-state index contributed by atoms with van der Waals surface area (Å²) >= 11 is 0. The van der Waals surface area contributed by atoms with Gasteiger partial charge in [0.05, 0.1) is 6.54 Å². The maximum atomic E-state index is 12.4. The van der Waals surface area contributed by atoms with Crippen LogP contribution in [0.1, 0.15) is 12.5 Å². The molecular formula is C16H22N4O5. The van der Waals surface area contributed by atoms with Crippen LogP contribution in [-0.2, 0) is 25.6 Å². The Hall–Kier alpha value is -2.94. The van der Waals surface area contributed by atoms with Crippen LogP contribution in [0.4, 0.5) is 0 Å². The minimum atomic E-state index is -0.964. The topological polar surface area (TPSA) is 151 Å². The number of amides is 4. The highest BCUT2D eigenvalue weighted by atomic mass is 16.3. The highest BCUT2D eigenvalue weighted by Crippen LogP contribution is 2.04. The molecule has 0 bridgehead atoms. The number of rotatable bonds is 9. The summed E-state index contributed by atoms with van der Waals surface area (Å²) in [5, 5.41) is 16.0. The molecule has 2 atom stereocenters. The fraction of sp³-hybridized carbons (Fsp3) is 0.375. The Kier molecular flexibility index (Phi) is 8.07. The van der Waals surface area contributed by atoms with E-state index >= 15 is 0 Å². The average molecular weight is 350 g/mol. The number of carbonyl (C=O) groups is 4. The lowest BCUT2D eigenvalue weighted by molar-refractivity contribution is -0.132. The molecule has 9 nitrogen and oxygen atoms in total. The molecule has 0 saturated heterocycles. The first-order chi connectivity index (χ1) is 11.8. The summed E-state index contributed by atoms with van der Waals surface area (Å²) in [7, 11) is 0. The molecule has 6 N–H and O–H groups in total. The molecule has 4 amide bonds. The number of hydrogen-bond donors (Lipinski definition) is 5. The lowest BCUT2D eigenvalue weighted by atomic mass is 10.0. The van der Waals surface area contributed by atoms with Gasteiger partial charge in [-0.25, -0.2) is 0 Å². The lowest BCUT2D eigenvalue weighted by Gasteiger charge is -2.21. The second kappa shape index (κ2) is 10.0. The smallest absolute Gasteiger partial charge is 0.246 e. The monoisotopic (exact) mass is 350 g/mol. The lowest BCUT2D eigenvalue weighted by Crippen LogP contribution is -2.54. The van der Waals surface area contributed by atoms with Crippen molar-refractivity contribution in [3.05, 3.63) is 35.9 Å². The third-order valence-electron chi connectivity index (χ3n) is 3.27. The van der Waals surface area contributed by atoms with Crippen molar-refractivity contribution in [2.24, 2.45) is 5.73 Å². The molecule has 25 heavy (non-hydrogen) atoms. The van der Waals surface area contributed by atoms with Gasteiger partial charge in [-0.3, -0.25) is 19.2 Å². The normalized spacial score (nSPS) is 12.6. The van der Waals surface area contributed by atoms with Crippen LogP contribution in [0.3, 0.4) is 0 Å². The zero-order valence-corrected chi connectivity index (χ0v) is 13.8. The summed E-state index contributed by atoms with van der Waals surface area (Å²) in [5.41, 5.74) is 5.73. The van der Waals surface area contributed by atoms with Gasteiger partial charge in [0.2, 0.25) is 23.6 Å². The van der Waals surface area contributed by atoms with Gasteiger partial charge in [-0.15, -0.1) is 0 Å². The number of nitrogens with two attached hydrogens (primary N) is 1. The maximum Gasteiger partial charge on any atom is 0.246 e. The number of benzene rings is 1. The summed E-state index contributed by atoms with van der Waals surface area (Å²) < 4.78 is 0. The number of aliphatic hydroxyl groups is 1. The van der Waals surface area contributed by atoms with E-state index in [9.17, 15) is 19.2 Å². The molecule has 0 heterocycles. The minimum Gasteiger partial charge on any atom is -0.387 e. The Morgan fingerprint density at radius 1 is 1.08 bits per heavy atom. The van der Waals surface area contributed by atoms with Crippen LogP contribution in [0.5, 0.6) is 0 Å². The molecule has 9 heteroatoms. The van der Waals surface area contributed by atoms with E-state index in [4.69, 9.17) is 10.8 Å². The van der Waals surface area contributed by atoms with Crippen LogP contribution < -0.4 is 21.7 Å². The zero-order chi connectivity index (χ0) is 18.8. The third kappa shape index (κ3) is 7.44. The number of carbonyl (C=O) groups excluding carboxylic acids is 4. The van der Waals surface area contributed by atoms with Crippen LogP contribution in [0.2, 0.25) is 0 Å². The van der Waals surface area contributed by atoms with E-state index < -0.39 is 42.3 Å². The molecular weight excluding hydrogens is 328 g/mol. The number of nitrogens with one attached hydrogen (secondary N) is 3. The molecule has 1 aromatic rings. The average Bonchev–Trinajstić information content (AvgIpc) is 2.59. The van der Waals surface area contributed by atoms with Crippen molar-refractivity contribution in [3.8, 4) is 0 Å². The fourth-order valence-corrected chi connectivity index (χ4v) is 2.01.